The minimum atomic E-state index is -1.88. The maximum Gasteiger partial charge on any atom is 0.334 e. The highest BCUT2D eigenvalue weighted by molar-refractivity contribution is 6.47. The van der Waals surface area contributed by atoms with E-state index in [-0.39, 0.29) is 19.6 Å². The summed E-state index contributed by atoms with van der Waals surface area (Å²) in [5, 5.41) is 2.39. The van der Waals surface area contributed by atoms with Crippen molar-refractivity contribution >= 4 is 23.6 Å². The van der Waals surface area contributed by atoms with Crippen molar-refractivity contribution < 1.29 is 28.7 Å². The van der Waals surface area contributed by atoms with Crippen molar-refractivity contribution in [1.29, 1.82) is 0 Å². The van der Waals surface area contributed by atoms with Gasteiger partial charge in [-0.15, -0.1) is 6.58 Å². The average molecular weight is 309 g/mol. The third kappa shape index (κ3) is 1.51. The second kappa shape index (κ2) is 4.93. The number of fused-ring (bicyclic) bond motifs is 1. The summed E-state index contributed by atoms with van der Waals surface area (Å²) >= 11 is 0. The molecule has 2 rings (SSSR count). The largest absolute Gasteiger partial charge is 0.465 e. The molecule has 2 aliphatic rings. The van der Waals surface area contributed by atoms with Gasteiger partial charge in [0, 0.05) is 5.41 Å². The number of nitrogens with one attached hydrogen (secondary N) is 1. The second-order valence-corrected chi connectivity index (χ2v) is 5.68. The van der Waals surface area contributed by atoms with Gasteiger partial charge in [0.05, 0.1) is 13.2 Å². The number of rotatable bonds is 5. The van der Waals surface area contributed by atoms with Crippen LogP contribution in [0.5, 0.6) is 0 Å². The van der Waals surface area contributed by atoms with Gasteiger partial charge in [0.2, 0.25) is 5.78 Å². The molecule has 0 aromatic carbocycles. The maximum atomic E-state index is 12.6. The third-order valence-electron chi connectivity index (χ3n) is 4.68. The molecule has 0 bridgehead atoms. The highest BCUT2D eigenvalue weighted by atomic mass is 16.5. The highest BCUT2D eigenvalue weighted by Crippen LogP contribution is 2.66. The first-order valence-corrected chi connectivity index (χ1v) is 7.12. The van der Waals surface area contributed by atoms with Crippen LogP contribution in [0.2, 0.25) is 0 Å². The van der Waals surface area contributed by atoms with Crippen molar-refractivity contribution in [3.05, 3.63) is 12.7 Å². The van der Waals surface area contributed by atoms with Crippen LogP contribution in [0.3, 0.4) is 0 Å². The average Bonchev–Trinajstić information content (AvgIpc) is 2.66. The Kier molecular flexibility index (Phi) is 3.63. The van der Waals surface area contributed by atoms with Crippen LogP contribution in [0.1, 0.15) is 27.2 Å². The van der Waals surface area contributed by atoms with E-state index in [4.69, 9.17) is 9.47 Å². The summed E-state index contributed by atoms with van der Waals surface area (Å²) in [7, 11) is 0. The van der Waals surface area contributed by atoms with Crippen LogP contribution in [0.15, 0.2) is 12.7 Å². The lowest BCUT2D eigenvalue weighted by Crippen LogP contribution is -2.79. The topological polar surface area (TPSA) is 98.8 Å². The van der Waals surface area contributed by atoms with Crippen molar-refractivity contribution in [2.45, 2.75) is 32.7 Å². The SMILES string of the molecule is C=C[C@@]1(C)C[C@]2(C(=O)OCC)C(=O)C(=O)N[C@@]21C(=O)OCC. The predicted octanol–water partition coefficient (Wildman–Crippen LogP) is 0.133. The van der Waals surface area contributed by atoms with E-state index in [1.165, 1.54) is 6.08 Å². The van der Waals surface area contributed by atoms with Gasteiger partial charge in [0.1, 0.15) is 0 Å². The van der Waals surface area contributed by atoms with Crippen LogP contribution in [0.4, 0.5) is 0 Å². The number of ketones is 1. The molecule has 3 atom stereocenters. The molecular weight excluding hydrogens is 290 g/mol. The molecule has 0 unspecified atom stereocenters. The molecule has 1 heterocycles. The molecule has 1 amide bonds. The molecule has 1 saturated heterocycles. The van der Waals surface area contributed by atoms with E-state index in [2.05, 4.69) is 11.9 Å². The van der Waals surface area contributed by atoms with Crippen molar-refractivity contribution in [2.75, 3.05) is 13.2 Å². The zero-order chi connectivity index (χ0) is 16.8. The van der Waals surface area contributed by atoms with E-state index in [1.807, 2.05) is 0 Å². The van der Waals surface area contributed by atoms with E-state index in [0.29, 0.717) is 0 Å². The minimum Gasteiger partial charge on any atom is -0.465 e. The quantitative estimate of drug-likeness (QED) is 0.335. The predicted molar refractivity (Wildman–Crippen MR) is 74.5 cm³/mol. The van der Waals surface area contributed by atoms with Crippen molar-refractivity contribution in [2.24, 2.45) is 10.8 Å². The summed E-state index contributed by atoms with van der Waals surface area (Å²) in [5.74, 6) is -3.65. The fourth-order valence-corrected chi connectivity index (χ4v) is 3.61. The number of ether oxygens (including phenoxy) is 2. The molecule has 22 heavy (non-hydrogen) atoms. The van der Waals surface area contributed by atoms with E-state index in [9.17, 15) is 19.2 Å². The van der Waals surface area contributed by atoms with Crippen LogP contribution in [-0.2, 0) is 28.7 Å². The van der Waals surface area contributed by atoms with Crippen LogP contribution in [0.25, 0.3) is 0 Å². The Balaban J connectivity index is 2.65. The van der Waals surface area contributed by atoms with Gasteiger partial charge >= 0.3 is 11.9 Å². The molecule has 0 aromatic heterocycles. The molecule has 0 radical (unpaired) electrons. The Morgan fingerprint density at radius 2 is 1.77 bits per heavy atom. The standard InChI is InChI=1S/C15H19NO6/c1-5-13(4)8-14(11(19)21-6-2)9(17)10(18)16-15(13,14)12(20)22-7-3/h5H,1,6-8H2,2-4H3,(H,16,18)/t13-,14+,15+/m0/s1. The molecule has 120 valence electrons. The fraction of sp³-hybridized carbons (Fsp3) is 0.600. The van der Waals surface area contributed by atoms with Gasteiger partial charge in [0.25, 0.3) is 5.91 Å². The lowest BCUT2D eigenvalue weighted by molar-refractivity contribution is -0.201. The van der Waals surface area contributed by atoms with Gasteiger partial charge in [0.15, 0.2) is 11.0 Å². The van der Waals surface area contributed by atoms with Gasteiger partial charge in [-0.05, 0) is 20.3 Å². The Morgan fingerprint density at radius 3 is 2.27 bits per heavy atom. The van der Waals surface area contributed by atoms with E-state index in [1.54, 1.807) is 20.8 Å². The molecule has 0 aromatic rings. The molecule has 0 spiro atoms. The Bertz CT molecular complexity index is 585. The molecular formula is C15H19NO6. The van der Waals surface area contributed by atoms with Crippen molar-refractivity contribution in [1.82, 2.24) is 5.32 Å². The Hall–Kier alpha value is -2.18. The van der Waals surface area contributed by atoms with Gasteiger partial charge in [-0.3, -0.25) is 14.4 Å². The summed E-state index contributed by atoms with van der Waals surface area (Å²) in [6.07, 6.45) is 1.43. The van der Waals surface area contributed by atoms with Crippen LogP contribution < -0.4 is 5.32 Å². The second-order valence-electron chi connectivity index (χ2n) is 5.68. The lowest BCUT2D eigenvalue weighted by atomic mass is 9.41. The summed E-state index contributed by atoms with van der Waals surface area (Å²) in [6, 6.07) is 0. The highest BCUT2D eigenvalue weighted by Gasteiger charge is 2.87. The monoisotopic (exact) mass is 309 g/mol. The number of esters is 2. The number of carbonyl (C=O) groups is 4. The number of Topliss-reactive ketones (excluding diaryl/α,β-unsaturated/α-hetero) is 1. The van der Waals surface area contributed by atoms with E-state index >= 15 is 0 Å². The molecule has 1 N–H and O–H groups in total. The summed E-state index contributed by atoms with van der Waals surface area (Å²) in [4.78, 5) is 49.3. The zero-order valence-corrected chi connectivity index (χ0v) is 12.9. The first kappa shape index (κ1) is 16.2. The molecule has 1 saturated carbocycles. The molecule has 1 aliphatic heterocycles. The maximum absolute atomic E-state index is 12.6. The van der Waals surface area contributed by atoms with E-state index in [0.717, 1.165) is 0 Å². The van der Waals surface area contributed by atoms with Crippen LogP contribution >= 0.6 is 0 Å². The summed E-state index contributed by atoms with van der Waals surface area (Å²) in [5.41, 5.74) is -4.65. The van der Waals surface area contributed by atoms with Crippen LogP contribution in [-0.4, -0.2) is 42.4 Å². The Labute approximate surface area is 128 Å². The first-order chi connectivity index (χ1) is 10.3. The van der Waals surface area contributed by atoms with Crippen molar-refractivity contribution in [3.8, 4) is 0 Å². The third-order valence-corrected chi connectivity index (χ3v) is 4.68. The number of amides is 1. The summed E-state index contributed by atoms with van der Waals surface area (Å²) < 4.78 is 10.0. The Morgan fingerprint density at radius 1 is 1.23 bits per heavy atom. The van der Waals surface area contributed by atoms with Gasteiger partial charge in [-0.1, -0.05) is 13.0 Å². The smallest absolute Gasteiger partial charge is 0.334 e. The number of hydrogen-bond donors (Lipinski definition) is 1. The first-order valence-electron chi connectivity index (χ1n) is 7.12. The minimum absolute atomic E-state index is 0.0290. The van der Waals surface area contributed by atoms with E-state index < -0.39 is 40.0 Å². The fourth-order valence-electron chi connectivity index (χ4n) is 3.61. The number of carbonyl (C=O) groups excluding carboxylic acids is 4. The molecule has 2 fully saturated rings. The van der Waals surface area contributed by atoms with Gasteiger partial charge < -0.3 is 14.8 Å². The van der Waals surface area contributed by atoms with Crippen LogP contribution in [0, 0.1) is 10.8 Å². The molecule has 7 heteroatoms. The molecule has 1 aliphatic carbocycles. The molecule has 7 nitrogen and oxygen atoms in total. The van der Waals surface area contributed by atoms with Gasteiger partial charge in [-0.2, -0.15) is 0 Å². The van der Waals surface area contributed by atoms with Gasteiger partial charge in [-0.25, -0.2) is 4.79 Å². The lowest BCUT2D eigenvalue weighted by Gasteiger charge is -2.60. The number of hydrogen-bond acceptors (Lipinski definition) is 6. The normalized spacial score (nSPS) is 36.0. The zero-order valence-electron chi connectivity index (χ0n) is 12.9. The van der Waals surface area contributed by atoms with Crippen molar-refractivity contribution in [3.63, 3.8) is 0 Å². The summed E-state index contributed by atoms with van der Waals surface area (Å²) in [6.45, 7) is 8.58.